The number of rotatable bonds is 4. The molecule has 0 aliphatic heterocycles. The Labute approximate surface area is 92.4 Å². The summed E-state index contributed by atoms with van der Waals surface area (Å²) in [6.45, 7) is 5.35. The van der Waals surface area contributed by atoms with Crippen LogP contribution < -0.4 is 0 Å². The molecule has 82 valence electrons. The van der Waals surface area contributed by atoms with Crippen LogP contribution in [0.25, 0.3) is 0 Å². The van der Waals surface area contributed by atoms with E-state index in [0.29, 0.717) is 11.8 Å². The Morgan fingerprint density at radius 1 is 1.33 bits per heavy atom. The molecule has 1 unspecified atom stereocenters. The zero-order chi connectivity index (χ0) is 11.3. The van der Waals surface area contributed by atoms with Gasteiger partial charge < -0.3 is 4.90 Å². The zero-order valence-corrected chi connectivity index (χ0v) is 9.83. The highest BCUT2D eigenvalue weighted by atomic mass is 15.1. The second-order valence-corrected chi connectivity index (χ2v) is 4.11. The minimum Gasteiger partial charge on any atom is -0.359 e. The lowest BCUT2D eigenvalue weighted by Gasteiger charge is -2.23. The van der Waals surface area contributed by atoms with Crippen molar-refractivity contribution >= 4 is 5.84 Å². The average molecular weight is 204 g/mol. The summed E-state index contributed by atoms with van der Waals surface area (Å²) in [6.07, 6.45) is 1.16. The highest BCUT2D eigenvalue weighted by Gasteiger charge is 2.09. The molecule has 15 heavy (non-hydrogen) atoms. The first-order valence-corrected chi connectivity index (χ1v) is 5.50. The van der Waals surface area contributed by atoms with Crippen LogP contribution in [0.15, 0.2) is 30.3 Å². The van der Waals surface area contributed by atoms with E-state index in [0.717, 1.165) is 18.5 Å². The number of benzene rings is 1. The molecule has 0 heterocycles. The predicted octanol–water partition coefficient (Wildman–Crippen LogP) is 2.99. The Balaban J connectivity index is 2.61. The van der Waals surface area contributed by atoms with Gasteiger partial charge in [0.2, 0.25) is 0 Å². The number of nitrogens with zero attached hydrogens (tertiary/aromatic N) is 1. The highest BCUT2D eigenvalue weighted by molar-refractivity contribution is 5.96. The van der Waals surface area contributed by atoms with Crippen LogP contribution in [0, 0.1) is 11.3 Å². The standard InChI is InChI=1S/C13H20N2/c1-4-11(2)10-15(3)13(14)12-8-6-5-7-9-12/h5-9,11,14H,4,10H2,1-3H3. The third kappa shape index (κ3) is 3.39. The summed E-state index contributed by atoms with van der Waals surface area (Å²) in [4.78, 5) is 2.02. The van der Waals surface area contributed by atoms with Crippen molar-refractivity contribution in [3.8, 4) is 0 Å². The van der Waals surface area contributed by atoms with Gasteiger partial charge in [0.25, 0.3) is 0 Å². The largest absolute Gasteiger partial charge is 0.359 e. The summed E-state index contributed by atoms with van der Waals surface area (Å²) >= 11 is 0. The van der Waals surface area contributed by atoms with E-state index in [4.69, 9.17) is 5.41 Å². The van der Waals surface area contributed by atoms with Crippen molar-refractivity contribution in [2.24, 2.45) is 5.92 Å². The molecule has 0 fully saturated rings. The fourth-order valence-corrected chi connectivity index (χ4v) is 1.50. The fourth-order valence-electron chi connectivity index (χ4n) is 1.50. The third-order valence-electron chi connectivity index (χ3n) is 2.71. The van der Waals surface area contributed by atoms with Crippen molar-refractivity contribution in [3.63, 3.8) is 0 Å². The molecule has 0 radical (unpaired) electrons. The van der Waals surface area contributed by atoms with Crippen LogP contribution in [-0.2, 0) is 0 Å². The topological polar surface area (TPSA) is 27.1 Å². The van der Waals surface area contributed by atoms with E-state index in [1.807, 2.05) is 42.3 Å². The lowest BCUT2D eigenvalue weighted by molar-refractivity contribution is 0.395. The van der Waals surface area contributed by atoms with Gasteiger partial charge in [-0.15, -0.1) is 0 Å². The normalized spacial score (nSPS) is 12.2. The fraction of sp³-hybridized carbons (Fsp3) is 0.462. The molecule has 0 bridgehead atoms. The van der Waals surface area contributed by atoms with Gasteiger partial charge >= 0.3 is 0 Å². The first kappa shape index (κ1) is 11.8. The molecule has 1 rings (SSSR count). The predicted molar refractivity (Wildman–Crippen MR) is 65.4 cm³/mol. The Kier molecular flexibility index (Phi) is 4.35. The molecule has 0 amide bonds. The van der Waals surface area contributed by atoms with Gasteiger partial charge in [0.05, 0.1) is 0 Å². The molecule has 0 aromatic heterocycles. The van der Waals surface area contributed by atoms with E-state index in [2.05, 4.69) is 13.8 Å². The van der Waals surface area contributed by atoms with Crippen molar-refractivity contribution < 1.29 is 0 Å². The highest BCUT2D eigenvalue weighted by Crippen LogP contribution is 2.07. The molecule has 0 aliphatic rings. The van der Waals surface area contributed by atoms with Crippen LogP contribution in [0.5, 0.6) is 0 Å². The molecule has 0 saturated heterocycles. The maximum atomic E-state index is 8.03. The number of hydrogen-bond acceptors (Lipinski definition) is 1. The molecule has 2 heteroatoms. The minimum atomic E-state index is 0.607. The molecule has 1 N–H and O–H groups in total. The average Bonchev–Trinajstić information content (AvgIpc) is 2.29. The molecule has 0 aliphatic carbocycles. The van der Waals surface area contributed by atoms with E-state index in [-0.39, 0.29) is 0 Å². The molecule has 1 atom stereocenters. The molecule has 0 saturated carbocycles. The van der Waals surface area contributed by atoms with Crippen LogP contribution in [-0.4, -0.2) is 24.3 Å². The van der Waals surface area contributed by atoms with Gasteiger partial charge in [0.1, 0.15) is 5.84 Å². The van der Waals surface area contributed by atoms with Crippen LogP contribution in [0.4, 0.5) is 0 Å². The summed E-state index contributed by atoms with van der Waals surface area (Å²) in [5.41, 5.74) is 0.989. The molecular formula is C13H20N2. The lowest BCUT2D eigenvalue weighted by atomic mass is 10.1. The van der Waals surface area contributed by atoms with Crippen LogP contribution >= 0.6 is 0 Å². The zero-order valence-electron chi connectivity index (χ0n) is 9.83. The Morgan fingerprint density at radius 2 is 1.93 bits per heavy atom. The van der Waals surface area contributed by atoms with Crippen LogP contribution in [0.1, 0.15) is 25.8 Å². The summed E-state index contributed by atoms with van der Waals surface area (Å²) in [7, 11) is 1.99. The summed E-state index contributed by atoms with van der Waals surface area (Å²) in [5, 5.41) is 8.03. The van der Waals surface area contributed by atoms with Gasteiger partial charge in [0, 0.05) is 19.2 Å². The molecule has 2 nitrogen and oxygen atoms in total. The summed E-state index contributed by atoms with van der Waals surface area (Å²) in [5.74, 6) is 1.25. The molecule has 1 aromatic carbocycles. The van der Waals surface area contributed by atoms with Gasteiger partial charge in [-0.25, -0.2) is 0 Å². The maximum Gasteiger partial charge on any atom is 0.127 e. The van der Waals surface area contributed by atoms with E-state index >= 15 is 0 Å². The van der Waals surface area contributed by atoms with Gasteiger partial charge in [-0.3, -0.25) is 5.41 Å². The minimum absolute atomic E-state index is 0.607. The Hall–Kier alpha value is -1.31. The smallest absolute Gasteiger partial charge is 0.127 e. The lowest BCUT2D eigenvalue weighted by Crippen LogP contribution is -2.30. The second-order valence-electron chi connectivity index (χ2n) is 4.11. The van der Waals surface area contributed by atoms with Crippen molar-refractivity contribution in [1.29, 1.82) is 5.41 Å². The Morgan fingerprint density at radius 3 is 2.47 bits per heavy atom. The van der Waals surface area contributed by atoms with Gasteiger partial charge in [-0.05, 0) is 5.92 Å². The van der Waals surface area contributed by atoms with E-state index in [9.17, 15) is 0 Å². The Bertz CT molecular complexity index is 306. The summed E-state index contributed by atoms with van der Waals surface area (Å²) < 4.78 is 0. The van der Waals surface area contributed by atoms with Crippen molar-refractivity contribution in [1.82, 2.24) is 4.90 Å². The van der Waals surface area contributed by atoms with Crippen LogP contribution in [0.3, 0.4) is 0 Å². The third-order valence-corrected chi connectivity index (χ3v) is 2.71. The quantitative estimate of drug-likeness (QED) is 0.592. The maximum absolute atomic E-state index is 8.03. The van der Waals surface area contributed by atoms with Gasteiger partial charge in [-0.2, -0.15) is 0 Å². The van der Waals surface area contributed by atoms with E-state index in [1.54, 1.807) is 0 Å². The van der Waals surface area contributed by atoms with E-state index in [1.165, 1.54) is 0 Å². The van der Waals surface area contributed by atoms with Crippen molar-refractivity contribution in [2.45, 2.75) is 20.3 Å². The monoisotopic (exact) mass is 204 g/mol. The second kappa shape index (κ2) is 5.54. The van der Waals surface area contributed by atoms with Crippen molar-refractivity contribution in [3.05, 3.63) is 35.9 Å². The molecular weight excluding hydrogens is 184 g/mol. The molecule has 1 aromatic rings. The number of amidine groups is 1. The summed E-state index contributed by atoms with van der Waals surface area (Å²) in [6, 6.07) is 9.89. The van der Waals surface area contributed by atoms with Crippen LogP contribution in [0.2, 0.25) is 0 Å². The number of hydrogen-bond donors (Lipinski definition) is 1. The SMILES string of the molecule is CCC(C)CN(C)C(=N)c1ccccc1. The van der Waals surface area contributed by atoms with Gasteiger partial charge in [0.15, 0.2) is 0 Å². The first-order valence-electron chi connectivity index (χ1n) is 5.50. The number of nitrogens with one attached hydrogen (secondary N) is 1. The van der Waals surface area contributed by atoms with E-state index < -0.39 is 0 Å². The first-order chi connectivity index (χ1) is 7.15. The molecule has 0 spiro atoms. The van der Waals surface area contributed by atoms with Crippen molar-refractivity contribution in [2.75, 3.05) is 13.6 Å². The van der Waals surface area contributed by atoms with Gasteiger partial charge in [-0.1, -0.05) is 50.6 Å².